The Morgan fingerprint density at radius 2 is 1.86 bits per heavy atom. The number of benzene rings is 1. The van der Waals surface area contributed by atoms with Gasteiger partial charge in [0.15, 0.2) is 5.82 Å². The molecule has 29 heavy (non-hydrogen) atoms. The quantitative estimate of drug-likeness (QED) is 0.685. The van der Waals surface area contributed by atoms with Gasteiger partial charge >= 0.3 is 6.18 Å². The van der Waals surface area contributed by atoms with E-state index in [0.29, 0.717) is 24.3 Å². The number of nitrogens with one attached hydrogen (secondary N) is 1. The predicted molar refractivity (Wildman–Crippen MR) is 103 cm³/mol. The SMILES string of the molecule is Cc1c(C(=O)NCCN(C)c2ccccc2)cnn1-c1ccc(C(F)(F)F)cn1. The van der Waals surface area contributed by atoms with Crippen LogP contribution in [0.2, 0.25) is 0 Å². The number of aromatic nitrogens is 3. The summed E-state index contributed by atoms with van der Waals surface area (Å²) in [5, 5.41) is 6.92. The standard InChI is InChI=1S/C20H20F3N5O/c1-14-17(19(29)24-10-11-27(2)16-6-4-3-5-7-16)13-26-28(14)18-9-8-15(12-25-18)20(21,22)23/h3-9,12-13H,10-11H2,1-2H3,(H,24,29). The minimum Gasteiger partial charge on any atom is -0.373 e. The van der Waals surface area contributed by atoms with Gasteiger partial charge < -0.3 is 10.2 Å². The zero-order chi connectivity index (χ0) is 21.0. The summed E-state index contributed by atoms with van der Waals surface area (Å²) in [5.74, 6) is -0.0968. The molecule has 0 bridgehead atoms. The summed E-state index contributed by atoms with van der Waals surface area (Å²) in [4.78, 5) is 18.3. The highest BCUT2D eigenvalue weighted by Gasteiger charge is 2.30. The number of hydrogen-bond acceptors (Lipinski definition) is 4. The van der Waals surface area contributed by atoms with Gasteiger partial charge in [0.05, 0.1) is 23.0 Å². The molecule has 2 aromatic heterocycles. The topological polar surface area (TPSA) is 63.1 Å². The van der Waals surface area contributed by atoms with Gasteiger partial charge in [-0.15, -0.1) is 0 Å². The van der Waals surface area contributed by atoms with E-state index < -0.39 is 11.7 Å². The molecule has 6 nitrogen and oxygen atoms in total. The lowest BCUT2D eigenvalue weighted by molar-refractivity contribution is -0.137. The number of alkyl halides is 3. The lowest BCUT2D eigenvalue weighted by Gasteiger charge is -2.19. The van der Waals surface area contributed by atoms with Gasteiger partial charge in [0.2, 0.25) is 0 Å². The van der Waals surface area contributed by atoms with Crippen LogP contribution in [0, 0.1) is 6.92 Å². The van der Waals surface area contributed by atoms with Crippen LogP contribution in [0.1, 0.15) is 21.6 Å². The Labute approximate surface area is 166 Å². The maximum Gasteiger partial charge on any atom is 0.417 e. The maximum absolute atomic E-state index is 12.7. The van der Waals surface area contributed by atoms with Gasteiger partial charge in [0.1, 0.15) is 0 Å². The van der Waals surface area contributed by atoms with Crippen molar-refractivity contribution in [1.82, 2.24) is 20.1 Å². The Bertz CT molecular complexity index is 968. The number of nitrogens with zero attached hydrogens (tertiary/aromatic N) is 4. The summed E-state index contributed by atoms with van der Waals surface area (Å²) in [6.45, 7) is 2.70. The average Bonchev–Trinajstić information content (AvgIpc) is 3.09. The molecule has 0 radical (unpaired) electrons. The highest BCUT2D eigenvalue weighted by molar-refractivity contribution is 5.95. The molecule has 152 valence electrons. The van der Waals surface area contributed by atoms with E-state index in [2.05, 4.69) is 15.4 Å². The molecule has 1 N–H and O–H groups in total. The molecule has 0 saturated heterocycles. The van der Waals surface area contributed by atoms with Crippen LogP contribution in [0.15, 0.2) is 54.9 Å². The second-order valence-electron chi connectivity index (χ2n) is 6.47. The van der Waals surface area contributed by atoms with Gasteiger partial charge in [-0.25, -0.2) is 9.67 Å². The van der Waals surface area contributed by atoms with Crippen LogP contribution < -0.4 is 10.2 Å². The third kappa shape index (κ3) is 4.74. The Morgan fingerprint density at radius 3 is 2.48 bits per heavy atom. The lowest BCUT2D eigenvalue weighted by atomic mass is 10.2. The molecule has 1 aromatic carbocycles. The number of rotatable bonds is 6. The first-order chi connectivity index (χ1) is 13.8. The van der Waals surface area contributed by atoms with Crippen LogP contribution in [-0.2, 0) is 6.18 Å². The summed E-state index contributed by atoms with van der Waals surface area (Å²) in [5.41, 5.74) is 1.03. The van der Waals surface area contributed by atoms with Gasteiger partial charge in [-0.3, -0.25) is 4.79 Å². The molecular weight excluding hydrogens is 383 g/mol. The molecule has 0 atom stereocenters. The van der Waals surface area contributed by atoms with Crippen LogP contribution >= 0.6 is 0 Å². The van der Waals surface area contributed by atoms with Crippen molar-refractivity contribution in [3.05, 3.63) is 71.7 Å². The van der Waals surface area contributed by atoms with Gasteiger partial charge in [-0.1, -0.05) is 18.2 Å². The monoisotopic (exact) mass is 403 g/mol. The normalized spacial score (nSPS) is 11.3. The molecule has 0 aliphatic carbocycles. The molecule has 0 saturated carbocycles. The highest BCUT2D eigenvalue weighted by Crippen LogP contribution is 2.28. The number of anilines is 1. The van der Waals surface area contributed by atoms with Gasteiger partial charge in [-0.05, 0) is 31.2 Å². The molecular formula is C20H20F3N5O. The first-order valence-electron chi connectivity index (χ1n) is 8.90. The third-order valence-corrected chi connectivity index (χ3v) is 4.48. The van der Waals surface area contributed by atoms with Crippen LogP contribution in [0.4, 0.5) is 18.9 Å². The van der Waals surface area contributed by atoms with Crippen molar-refractivity contribution in [2.24, 2.45) is 0 Å². The van der Waals surface area contributed by atoms with Crippen LogP contribution in [-0.4, -0.2) is 40.8 Å². The largest absolute Gasteiger partial charge is 0.417 e. The summed E-state index contributed by atoms with van der Waals surface area (Å²) in [7, 11) is 1.93. The number of likely N-dealkylation sites (N-methyl/N-ethyl adjacent to an activating group) is 1. The molecule has 0 aliphatic rings. The molecule has 3 rings (SSSR count). The molecule has 1 amide bonds. The number of carbonyl (C=O) groups excluding carboxylic acids is 1. The van der Waals surface area contributed by atoms with Gasteiger partial charge in [0.25, 0.3) is 5.91 Å². The van der Waals surface area contributed by atoms with Crippen molar-refractivity contribution in [3.63, 3.8) is 0 Å². The Morgan fingerprint density at radius 1 is 1.14 bits per heavy atom. The molecule has 0 unspecified atom stereocenters. The molecule has 9 heteroatoms. The summed E-state index contributed by atoms with van der Waals surface area (Å²) in [6, 6.07) is 11.9. The number of carbonyl (C=O) groups is 1. The first kappa shape index (κ1) is 20.4. The van der Waals surface area contributed by atoms with Crippen molar-refractivity contribution >= 4 is 11.6 Å². The van der Waals surface area contributed by atoms with E-state index in [4.69, 9.17) is 0 Å². The molecule has 0 spiro atoms. The van der Waals surface area contributed by atoms with E-state index in [1.807, 2.05) is 42.3 Å². The van der Waals surface area contributed by atoms with Crippen molar-refractivity contribution in [2.45, 2.75) is 13.1 Å². The first-order valence-corrected chi connectivity index (χ1v) is 8.90. The Kier molecular flexibility index (Phi) is 5.86. The second kappa shape index (κ2) is 8.34. The summed E-state index contributed by atoms with van der Waals surface area (Å²) in [6.07, 6.45) is -2.33. The fourth-order valence-corrected chi connectivity index (χ4v) is 2.79. The van der Waals surface area contributed by atoms with Gasteiger partial charge in [-0.2, -0.15) is 18.3 Å². The Hall–Kier alpha value is -3.36. The molecule has 2 heterocycles. The summed E-state index contributed by atoms with van der Waals surface area (Å²) < 4.78 is 39.4. The van der Waals surface area contributed by atoms with E-state index >= 15 is 0 Å². The predicted octanol–water partition coefficient (Wildman–Crippen LogP) is 3.46. The number of hydrogen-bond donors (Lipinski definition) is 1. The minimum absolute atomic E-state index is 0.207. The van der Waals surface area contributed by atoms with Crippen molar-refractivity contribution in [1.29, 1.82) is 0 Å². The Balaban J connectivity index is 1.63. The van der Waals surface area contributed by atoms with Crippen LogP contribution in [0.3, 0.4) is 0 Å². The number of halogens is 3. The molecule has 0 aliphatic heterocycles. The van der Waals surface area contributed by atoms with Crippen molar-refractivity contribution in [2.75, 3.05) is 25.0 Å². The number of pyridine rings is 1. The zero-order valence-corrected chi connectivity index (χ0v) is 15.9. The van der Waals surface area contributed by atoms with E-state index in [1.165, 1.54) is 16.9 Å². The third-order valence-electron chi connectivity index (χ3n) is 4.48. The van der Waals surface area contributed by atoms with Crippen molar-refractivity contribution < 1.29 is 18.0 Å². The summed E-state index contributed by atoms with van der Waals surface area (Å²) >= 11 is 0. The van der Waals surface area contributed by atoms with E-state index in [9.17, 15) is 18.0 Å². The van der Waals surface area contributed by atoms with E-state index in [1.54, 1.807) is 6.92 Å². The second-order valence-corrected chi connectivity index (χ2v) is 6.47. The van der Waals surface area contributed by atoms with Gasteiger partial charge in [0, 0.05) is 32.0 Å². The molecule has 3 aromatic rings. The maximum atomic E-state index is 12.7. The van der Waals surface area contributed by atoms with Crippen LogP contribution in [0.5, 0.6) is 0 Å². The van der Waals surface area contributed by atoms with E-state index in [0.717, 1.165) is 18.0 Å². The average molecular weight is 403 g/mol. The fraction of sp³-hybridized carbons (Fsp3) is 0.250. The zero-order valence-electron chi connectivity index (χ0n) is 15.9. The van der Waals surface area contributed by atoms with Crippen LogP contribution in [0.25, 0.3) is 5.82 Å². The number of amides is 1. The highest BCUT2D eigenvalue weighted by atomic mass is 19.4. The number of para-hydroxylation sites is 1. The lowest BCUT2D eigenvalue weighted by Crippen LogP contribution is -2.33. The molecule has 0 fully saturated rings. The van der Waals surface area contributed by atoms with Crippen molar-refractivity contribution in [3.8, 4) is 5.82 Å². The van der Waals surface area contributed by atoms with E-state index in [-0.39, 0.29) is 11.7 Å². The fourth-order valence-electron chi connectivity index (χ4n) is 2.79. The minimum atomic E-state index is -4.46. The smallest absolute Gasteiger partial charge is 0.373 e.